The van der Waals surface area contributed by atoms with Crippen molar-refractivity contribution in [2.24, 2.45) is 23.2 Å². The molecule has 2 heterocycles. The van der Waals surface area contributed by atoms with Crippen molar-refractivity contribution in [2.45, 2.75) is 26.3 Å². The molecule has 1 aliphatic heterocycles. The maximum atomic E-state index is 14.8. The fourth-order valence-corrected chi connectivity index (χ4v) is 3.28. The summed E-state index contributed by atoms with van der Waals surface area (Å²) in [6.07, 6.45) is 1.65. The van der Waals surface area contributed by atoms with E-state index in [1.807, 2.05) is 0 Å². The number of nitrogens with two attached hydrogens (primary N) is 1. The first kappa shape index (κ1) is 19.5. The van der Waals surface area contributed by atoms with Gasteiger partial charge in [-0.2, -0.15) is 5.10 Å². The Kier molecular flexibility index (Phi) is 4.49. The van der Waals surface area contributed by atoms with E-state index in [2.05, 4.69) is 15.4 Å². The van der Waals surface area contributed by atoms with Crippen LogP contribution in [0.2, 0.25) is 0 Å². The molecule has 0 saturated heterocycles. The SMILES string of the molecule is CN1C(=O)C(C)(C)[C@@](C)(c2cc(NC(=O)c3ccn(C)n3)ccc2F)N=C1N. The summed E-state index contributed by atoms with van der Waals surface area (Å²) < 4.78 is 16.3. The van der Waals surface area contributed by atoms with Crippen LogP contribution in [0.25, 0.3) is 0 Å². The second kappa shape index (κ2) is 6.43. The number of aromatic nitrogens is 2. The summed E-state index contributed by atoms with van der Waals surface area (Å²) in [7, 11) is 3.23. The Hall–Kier alpha value is -3.23. The molecule has 0 unspecified atom stereocenters. The van der Waals surface area contributed by atoms with Crippen molar-refractivity contribution in [2.75, 3.05) is 12.4 Å². The largest absolute Gasteiger partial charge is 0.369 e. The van der Waals surface area contributed by atoms with Gasteiger partial charge >= 0.3 is 0 Å². The molecule has 0 spiro atoms. The Bertz CT molecular complexity index is 996. The number of nitrogens with one attached hydrogen (secondary N) is 1. The van der Waals surface area contributed by atoms with E-state index in [9.17, 15) is 14.0 Å². The van der Waals surface area contributed by atoms with E-state index in [1.54, 1.807) is 40.1 Å². The molecule has 148 valence electrons. The summed E-state index contributed by atoms with van der Waals surface area (Å²) in [5, 5.41) is 6.74. The molecular weight excluding hydrogens is 363 g/mol. The minimum absolute atomic E-state index is 0.00847. The first-order valence-electron chi connectivity index (χ1n) is 8.72. The normalized spacial score (nSPS) is 21.4. The average Bonchev–Trinajstić information content (AvgIpc) is 3.07. The topological polar surface area (TPSA) is 106 Å². The summed E-state index contributed by atoms with van der Waals surface area (Å²) in [6, 6.07) is 5.73. The van der Waals surface area contributed by atoms with Gasteiger partial charge in [-0.05, 0) is 45.0 Å². The third-order valence-corrected chi connectivity index (χ3v) is 5.43. The van der Waals surface area contributed by atoms with E-state index in [-0.39, 0.29) is 23.1 Å². The van der Waals surface area contributed by atoms with Crippen LogP contribution in [0.1, 0.15) is 36.8 Å². The maximum Gasteiger partial charge on any atom is 0.276 e. The van der Waals surface area contributed by atoms with Gasteiger partial charge in [0, 0.05) is 31.5 Å². The number of benzene rings is 1. The summed E-state index contributed by atoms with van der Waals surface area (Å²) in [5.74, 6) is -1.23. The van der Waals surface area contributed by atoms with Gasteiger partial charge in [0.2, 0.25) is 5.91 Å². The van der Waals surface area contributed by atoms with Crippen LogP contribution in [0.4, 0.5) is 10.1 Å². The van der Waals surface area contributed by atoms with E-state index in [4.69, 9.17) is 5.73 Å². The van der Waals surface area contributed by atoms with Crippen LogP contribution in [0.15, 0.2) is 35.5 Å². The molecule has 0 saturated carbocycles. The number of carbonyl (C=O) groups excluding carboxylic acids is 2. The quantitative estimate of drug-likeness (QED) is 0.839. The van der Waals surface area contributed by atoms with Crippen molar-refractivity contribution < 1.29 is 14.0 Å². The van der Waals surface area contributed by atoms with Gasteiger partial charge in [0.1, 0.15) is 11.4 Å². The smallest absolute Gasteiger partial charge is 0.276 e. The number of amides is 2. The number of aliphatic imine (C=N–C) groups is 1. The highest BCUT2D eigenvalue weighted by atomic mass is 19.1. The third kappa shape index (κ3) is 2.92. The summed E-state index contributed by atoms with van der Waals surface area (Å²) in [6.45, 7) is 5.05. The van der Waals surface area contributed by atoms with Crippen LogP contribution in [0, 0.1) is 11.2 Å². The molecule has 0 aliphatic carbocycles. The number of hydrogen-bond acceptors (Lipinski definition) is 5. The number of guanidine groups is 1. The highest BCUT2D eigenvalue weighted by Crippen LogP contribution is 2.47. The number of aryl methyl sites for hydroxylation is 1. The highest BCUT2D eigenvalue weighted by Gasteiger charge is 2.53. The Morgan fingerprint density at radius 2 is 1.89 bits per heavy atom. The average molecular weight is 386 g/mol. The van der Waals surface area contributed by atoms with Crippen molar-refractivity contribution in [1.82, 2.24) is 14.7 Å². The Labute approximate surface area is 162 Å². The number of rotatable bonds is 3. The van der Waals surface area contributed by atoms with Gasteiger partial charge in [-0.3, -0.25) is 19.2 Å². The van der Waals surface area contributed by atoms with Crippen LogP contribution < -0.4 is 11.1 Å². The zero-order valence-corrected chi connectivity index (χ0v) is 16.4. The number of nitrogens with zero attached hydrogens (tertiary/aromatic N) is 4. The van der Waals surface area contributed by atoms with E-state index in [0.29, 0.717) is 5.69 Å². The van der Waals surface area contributed by atoms with Gasteiger partial charge in [-0.15, -0.1) is 0 Å². The molecule has 1 atom stereocenters. The Balaban J connectivity index is 2.04. The van der Waals surface area contributed by atoms with Crippen LogP contribution in [-0.2, 0) is 17.4 Å². The molecule has 3 rings (SSSR count). The first-order chi connectivity index (χ1) is 13.0. The van der Waals surface area contributed by atoms with E-state index < -0.39 is 22.7 Å². The zero-order valence-electron chi connectivity index (χ0n) is 16.4. The number of carbonyl (C=O) groups is 2. The molecule has 1 aromatic heterocycles. The molecule has 2 aromatic rings. The van der Waals surface area contributed by atoms with Crippen molar-refractivity contribution in [1.29, 1.82) is 0 Å². The molecule has 28 heavy (non-hydrogen) atoms. The molecule has 3 N–H and O–H groups in total. The summed E-state index contributed by atoms with van der Waals surface area (Å²) >= 11 is 0. The molecule has 1 aromatic carbocycles. The predicted molar refractivity (Wildman–Crippen MR) is 103 cm³/mol. The fraction of sp³-hybridized carbons (Fsp3) is 0.368. The monoisotopic (exact) mass is 386 g/mol. The Morgan fingerprint density at radius 1 is 1.21 bits per heavy atom. The molecule has 9 heteroatoms. The zero-order chi connectivity index (χ0) is 20.9. The van der Waals surface area contributed by atoms with Gasteiger partial charge in [-0.1, -0.05) is 0 Å². The lowest BCUT2D eigenvalue weighted by Gasteiger charge is -2.46. The molecule has 0 fully saturated rings. The minimum Gasteiger partial charge on any atom is -0.369 e. The third-order valence-electron chi connectivity index (χ3n) is 5.43. The van der Waals surface area contributed by atoms with E-state index in [0.717, 1.165) is 0 Å². The second-order valence-corrected chi connectivity index (χ2v) is 7.55. The lowest BCUT2D eigenvalue weighted by atomic mass is 9.67. The van der Waals surface area contributed by atoms with Gasteiger partial charge < -0.3 is 11.1 Å². The molecule has 2 amide bonds. The minimum atomic E-state index is -1.25. The first-order valence-corrected chi connectivity index (χ1v) is 8.72. The molecule has 1 aliphatic rings. The molecule has 0 bridgehead atoms. The van der Waals surface area contributed by atoms with Crippen molar-refractivity contribution in [3.63, 3.8) is 0 Å². The summed E-state index contributed by atoms with van der Waals surface area (Å²) in [5.41, 5.74) is 4.35. The van der Waals surface area contributed by atoms with Crippen LogP contribution in [0.5, 0.6) is 0 Å². The molecule has 8 nitrogen and oxygen atoms in total. The maximum absolute atomic E-state index is 14.8. The highest BCUT2D eigenvalue weighted by molar-refractivity contribution is 6.03. The number of halogens is 1. The molecule has 0 radical (unpaired) electrons. The number of hydrogen-bond donors (Lipinski definition) is 2. The van der Waals surface area contributed by atoms with Crippen LogP contribution in [0.3, 0.4) is 0 Å². The fourth-order valence-electron chi connectivity index (χ4n) is 3.28. The van der Waals surface area contributed by atoms with Crippen molar-refractivity contribution in [3.8, 4) is 0 Å². The standard InChI is InChI=1S/C19H23FN6O2/c1-18(2)16(28)26(5)17(21)23-19(18,3)12-10-11(6-7-13(12)20)22-15(27)14-8-9-25(4)24-14/h6-10H,1-5H3,(H2,21,23)(H,22,27)/t19-/m1/s1. The van der Waals surface area contributed by atoms with E-state index >= 15 is 0 Å². The van der Waals surface area contributed by atoms with Crippen molar-refractivity contribution in [3.05, 3.63) is 47.5 Å². The summed E-state index contributed by atoms with van der Waals surface area (Å²) in [4.78, 5) is 30.8. The van der Waals surface area contributed by atoms with Crippen LogP contribution in [-0.4, -0.2) is 39.5 Å². The van der Waals surface area contributed by atoms with Crippen molar-refractivity contribution >= 4 is 23.5 Å². The lowest BCUT2D eigenvalue weighted by Crippen LogP contribution is -2.58. The van der Waals surface area contributed by atoms with Gasteiger partial charge in [0.25, 0.3) is 5.91 Å². The molecular formula is C19H23FN6O2. The lowest BCUT2D eigenvalue weighted by molar-refractivity contribution is -0.140. The van der Waals surface area contributed by atoms with Gasteiger partial charge in [-0.25, -0.2) is 9.38 Å². The van der Waals surface area contributed by atoms with Gasteiger partial charge in [0.05, 0.1) is 5.41 Å². The number of anilines is 1. The van der Waals surface area contributed by atoms with Gasteiger partial charge in [0.15, 0.2) is 11.7 Å². The van der Waals surface area contributed by atoms with E-state index in [1.165, 1.54) is 34.8 Å². The van der Waals surface area contributed by atoms with Crippen LogP contribution >= 0.6 is 0 Å². The predicted octanol–water partition coefficient (Wildman–Crippen LogP) is 1.84. The second-order valence-electron chi connectivity index (χ2n) is 7.55. The Morgan fingerprint density at radius 3 is 2.50 bits per heavy atom.